The Hall–Kier alpha value is -1.43. The number of rotatable bonds is 4. The van der Waals surface area contributed by atoms with Gasteiger partial charge in [-0.3, -0.25) is 14.9 Å². The third-order valence-electron chi connectivity index (χ3n) is 3.92. The lowest BCUT2D eigenvalue weighted by molar-refractivity contribution is -0.385. The number of carbonyl (C=O) groups excluding carboxylic acids is 1. The van der Waals surface area contributed by atoms with E-state index in [1.807, 2.05) is 4.90 Å². The Balaban J connectivity index is 2.30. The quantitative estimate of drug-likeness (QED) is 0.602. The Kier molecular flexibility index (Phi) is 5.33. The summed E-state index contributed by atoms with van der Waals surface area (Å²) in [4.78, 5) is 25.2. The lowest BCUT2D eigenvalue weighted by Crippen LogP contribution is -2.43. The molecule has 0 radical (unpaired) electrons. The summed E-state index contributed by atoms with van der Waals surface area (Å²) in [6, 6.07) is 4.87. The predicted octanol–water partition coefficient (Wildman–Crippen LogP) is 4.15. The van der Waals surface area contributed by atoms with Crippen molar-refractivity contribution < 1.29 is 9.72 Å². The van der Waals surface area contributed by atoms with Gasteiger partial charge in [-0.15, -0.1) is 0 Å². The maximum absolute atomic E-state index is 12.8. The maximum atomic E-state index is 12.8. The van der Waals surface area contributed by atoms with Gasteiger partial charge in [-0.2, -0.15) is 0 Å². The fourth-order valence-electron chi connectivity index (χ4n) is 2.88. The van der Waals surface area contributed by atoms with Crippen LogP contribution in [-0.2, 0) is 0 Å². The molecule has 1 atom stereocenters. The number of halogens is 1. The van der Waals surface area contributed by atoms with E-state index in [-0.39, 0.29) is 22.1 Å². The van der Waals surface area contributed by atoms with Gasteiger partial charge in [0, 0.05) is 18.7 Å². The first kappa shape index (κ1) is 15.9. The largest absolute Gasteiger partial charge is 0.336 e. The van der Waals surface area contributed by atoms with Gasteiger partial charge in [-0.1, -0.05) is 19.4 Å². The SMILES string of the molecule is CCCC1CCCCN1C(=O)c1cccc([N+](=O)[O-])c1Br. The second-order valence-corrected chi connectivity index (χ2v) is 6.13. The van der Waals surface area contributed by atoms with Crippen LogP contribution in [0.25, 0.3) is 0 Å². The van der Waals surface area contributed by atoms with Crippen LogP contribution >= 0.6 is 15.9 Å². The van der Waals surface area contributed by atoms with Crippen LogP contribution in [0.15, 0.2) is 22.7 Å². The molecule has 1 aromatic rings. The molecule has 0 spiro atoms. The van der Waals surface area contributed by atoms with Crippen LogP contribution in [0.4, 0.5) is 5.69 Å². The molecule has 21 heavy (non-hydrogen) atoms. The van der Waals surface area contributed by atoms with Crippen molar-refractivity contribution in [3.8, 4) is 0 Å². The van der Waals surface area contributed by atoms with E-state index >= 15 is 0 Å². The molecule has 1 saturated heterocycles. The number of nitro benzene ring substituents is 1. The minimum Gasteiger partial charge on any atom is -0.336 e. The van der Waals surface area contributed by atoms with Gasteiger partial charge in [0.05, 0.1) is 10.5 Å². The van der Waals surface area contributed by atoms with Crippen molar-refractivity contribution >= 4 is 27.5 Å². The fourth-order valence-corrected chi connectivity index (χ4v) is 3.46. The smallest absolute Gasteiger partial charge is 0.284 e. The molecule has 1 fully saturated rings. The molecule has 1 aromatic carbocycles. The second-order valence-electron chi connectivity index (χ2n) is 5.33. The monoisotopic (exact) mass is 354 g/mol. The second kappa shape index (κ2) is 7.02. The van der Waals surface area contributed by atoms with Crippen LogP contribution in [0.2, 0.25) is 0 Å². The Morgan fingerprint density at radius 2 is 2.24 bits per heavy atom. The van der Waals surface area contributed by atoms with E-state index in [0.29, 0.717) is 5.56 Å². The molecule has 0 aromatic heterocycles. The molecular weight excluding hydrogens is 336 g/mol. The molecule has 5 nitrogen and oxygen atoms in total. The predicted molar refractivity (Wildman–Crippen MR) is 84.4 cm³/mol. The van der Waals surface area contributed by atoms with E-state index in [9.17, 15) is 14.9 Å². The number of carbonyl (C=O) groups is 1. The van der Waals surface area contributed by atoms with Crippen molar-refractivity contribution in [1.82, 2.24) is 4.90 Å². The van der Waals surface area contributed by atoms with E-state index in [4.69, 9.17) is 0 Å². The topological polar surface area (TPSA) is 63.5 Å². The first-order chi connectivity index (χ1) is 10.1. The molecule has 1 heterocycles. The zero-order valence-corrected chi connectivity index (χ0v) is 13.6. The number of hydrogen-bond acceptors (Lipinski definition) is 3. The van der Waals surface area contributed by atoms with Crippen LogP contribution in [0.5, 0.6) is 0 Å². The van der Waals surface area contributed by atoms with Crippen molar-refractivity contribution in [2.24, 2.45) is 0 Å². The summed E-state index contributed by atoms with van der Waals surface area (Å²) in [6.45, 7) is 2.85. The highest BCUT2D eigenvalue weighted by Crippen LogP contribution is 2.31. The van der Waals surface area contributed by atoms with E-state index in [0.717, 1.165) is 38.6 Å². The Morgan fingerprint density at radius 3 is 2.90 bits per heavy atom. The number of likely N-dealkylation sites (tertiary alicyclic amines) is 1. The number of amides is 1. The minimum absolute atomic E-state index is 0.0649. The number of nitro groups is 1. The van der Waals surface area contributed by atoms with Crippen LogP contribution < -0.4 is 0 Å². The molecule has 0 bridgehead atoms. The highest BCUT2D eigenvalue weighted by atomic mass is 79.9. The van der Waals surface area contributed by atoms with Gasteiger partial charge in [0.25, 0.3) is 11.6 Å². The maximum Gasteiger partial charge on any atom is 0.284 e. The van der Waals surface area contributed by atoms with Gasteiger partial charge in [-0.05, 0) is 47.7 Å². The summed E-state index contributed by atoms with van der Waals surface area (Å²) in [5, 5.41) is 11.0. The third kappa shape index (κ3) is 3.43. The van der Waals surface area contributed by atoms with Crippen molar-refractivity contribution in [3.63, 3.8) is 0 Å². The molecule has 2 rings (SSSR count). The van der Waals surface area contributed by atoms with E-state index in [1.165, 1.54) is 6.07 Å². The number of piperidine rings is 1. The highest BCUT2D eigenvalue weighted by Gasteiger charge is 2.29. The normalized spacial score (nSPS) is 18.6. The van der Waals surface area contributed by atoms with Gasteiger partial charge in [0.15, 0.2) is 0 Å². The summed E-state index contributed by atoms with van der Waals surface area (Å²) < 4.78 is 0.279. The van der Waals surface area contributed by atoms with Crippen LogP contribution in [0.3, 0.4) is 0 Å². The van der Waals surface area contributed by atoms with Crippen molar-refractivity contribution in [3.05, 3.63) is 38.3 Å². The van der Waals surface area contributed by atoms with Crippen molar-refractivity contribution in [2.45, 2.75) is 45.1 Å². The van der Waals surface area contributed by atoms with Crippen LogP contribution in [0.1, 0.15) is 49.4 Å². The first-order valence-electron chi connectivity index (χ1n) is 7.30. The summed E-state index contributed by atoms with van der Waals surface area (Å²) in [5.41, 5.74) is 0.317. The Labute approximate surface area is 132 Å². The van der Waals surface area contributed by atoms with Crippen molar-refractivity contribution in [1.29, 1.82) is 0 Å². The number of nitrogens with zero attached hydrogens (tertiary/aromatic N) is 2. The molecule has 0 aliphatic carbocycles. The lowest BCUT2D eigenvalue weighted by atomic mass is 9.97. The Bertz CT molecular complexity index is 546. The van der Waals surface area contributed by atoms with Gasteiger partial charge in [0.1, 0.15) is 4.47 Å². The molecule has 1 aliphatic heterocycles. The van der Waals surface area contributed by atoms with Crippen LogP contribution in [-0.4, -0.2) is 28.3 Å². The first-order valence-corrected chi connectivity index (χ1v) is 8.09. The van der Waals surface area contributed by atoms with Gasteiger partial charge < -0.3 is 4.90 Å². The van der Waals surface area contributed by atoms with E-state index in [1.54, 1.807) is 12.1 Å². The number of benzene rings is 1. The Morgan fingerprint density at radius 1 is 1.48 bits per heavy atom. The summed E-state index contributed by atoms with van der Waals surface area (Å²) >= 11 is 3.22. The molecule has 0 N–H and O–H groups in total. The van der Waals surface area contributed by atoms with E-state index in [2.05, 4.69) is 22.9 Å². The standard InChI is InChI=1S/C15H19BrN2O3/c1-2-6-11-7-3-4-10-17(11)15(19)12-8-5-9-13(14(12)16)18(20)21/h5,8-9,11H,2-4,6-7,10H2,1H3. The summed E-state index contributed by atoms with van der Waals surface area (Å²) in [5.74, 6) is -0.108. The minimum atomic E-state index is -0.472. The van der Waals surface area contributed by atoms with Crippen molar-refractivity contribution in [2.75, 3.05) is 6.54 Å². The molecule has 1 aliphatic rings. The zero-order valence-electron chi connectivity index (χ0n) is 12.0. The lowest BCUT2D eigenvalue weighted by Gasteiger charge is -2.36. The fraction of sp³-hybridized carbons (Fsp3) is 0.533. The van der Waals surface area contributed by atoms with Gasteiger partial charge in [0.2, 0.25) is 0 Å². The molecule has 1 amide bonds. The van der Waals surface area contributed by atoms with Crippen LogP contribution in [0, 0.1) is 10.1 Å². The van der Waals surface area contributed by atoms with Gasteiger partial charge >= 0.3 is 0 Å². The summed E-state index contributed by atoms with van der Waals surface area (Å²) in [7, 11) is 0. The molecule has 6 heteroatoms. The zero-order chi connectivity index (χ0) is 15.4. The van der Waals surface area contributed by atoms with E-state index < -0.39 is 4.92 Å². The molecular formula is C15H19BrN2O3. The molecule has 1 unspecified atom stereocenters. The molecule has 0 saturated carbocycles. The highest BCUT2D eigenvalue weighted by molar-refractivity contribution is 9.10. The number of hydrogen-bond donors (Lipinski definition) is 0. The average Bonchev–Trinajstić information content (AvgIpc) is 2.47. The third-order valence-corrected chi connectivity index (χ3v) is 4.75. The summed E-state index contributed by atoms with van der Waals surface area (Å²) in [6.07, 6.45) is 5.18. The van der Waals surface area contributed by atoms with Gasteiger partial charge in [-0.25, -0.2) is 0 Å². The molecule has 114 valence electrons. The average molecular weight is 355 g/mol.